The second-order valence-electron chi connectivity index (χ2n) is 5.84. The molecule has 1 fully saturated rings. The summed E-state index contributed by atoms with van der Waals surface area (Å²) in [5.41, 5.74) is 0.646. The molecular weight excluding hydrogens is 329 g/mol. The maximum absolute atomic E-state index is 13.8. The molecule has 0 saturated carbocycles. The first-order valence-corrected chi connectivity index (χ1v) is 9.28. The molecule has 1 saturated heterocycles. The standard InChI is InChI=1S/C18H18FNO3S/c19-16-8-4-5-9-17(16)24(22,23)20-12-10-15(11-13-20)18(21)14-6-2-1-3-7-14/h1-9,15H,10-13H2. The van der Waals surface area contributed by atoms with Crippen molar-refractivity contribution in [1.82, 2.24) is 4.31 Å². The van der Waals surface area contributed by atoms with Gasteiger partial charge in [0.2, 0.25) is 10.0 Å². The van der Waals surface area contributed by atoms with Gasteiger partial charge in [-0.05, 0) is 25.0 Å². The second kappa shape index (κ2) is 6.83. The highest BCUT2D eigenvalue weighted by Crippen LogP contribution is 2.27. The highest BCUT2D eigenvalue weighted by Gasteiger charge is 2.33. The van der Waals surface area contributed by atoms with Gasteiger partial charge in [0.25, 0.3) is 0 Å². The van der Waals surface area contributed by atoms with E-state index in [-0.39, 0.29) is 29.7 Å². The monoisotopic (exact) mass is 347 g/mol. The van der Waals surface area contributed by atoms with Crippen molar-refractivity contribution in [3.8, 4) is 0 Å². The van der Waals surface area contributed by atoms with Crippen molar-refractivity contribution >= 4 is 15.8 Å². The summed E-state index contributed by atoms with van der Waals surface area (Å²) in [5.74, 6) is -0.905. The molecule has 1 aliphatic rings. The van der Waals surface area contributed by atoms with Crippen molar-refractivity contribution in [2.75, 3.05) is 13.1 Å². The van der Waals surface area contributed by atoms with Crippen LogP contribution in [0.1, 0.15) is 23.2 Å². The second-order valence-corrected chi connectivity index (χ2v) is 7.75. The van der Waals surface area contributed by atoms with E-state index in [0.29, 0.717) is 18.4 Å². The molecule has 6 heteroatoms. The van der Waals surface area contributed by atoms with Crippen LogP contribution in [0.15, 0.2) is 59.5 Å². The summed E-state index contributed by atoms with van der Waals surface area (Å²) in [6.45, 7) is 0.444. The Bertz CT molecular complexity index is 828. The molecule has 0 aromatic heterocycles. The lowest BCUT2D eigenvalue weighted by Crippen LogP contribution is -2.40. The van der Waals surface area contributed by atoms with Gasteiger partial charge in [0.1, 0.15) is 10.7 Å². The van der Waals surface area contributed by atoms with E-state index in [1.807, 2.05) is 18.2 Å². The van der Waals surface area contributed by atoms with E-state index in [4.69, 9.17) is 0 Å². The minimum absolute atomic E-state index is 0.0403. The van der Waals surface area contributed by atoms with E-state index in [1.165, 1.54) is 22.5 Å². The van der Waals surface area contributed by atoms with Gasteiger partial charge in [-0.25, -0.2) is 12.8 Å². The maximum Gasteiger partial charge on any atom is 0.245 e. The molecule has 4 nitrogen and oxygen atoms in total. The number of benzene rings is 2. The van der Waals surface area contributed by atoms with Crippen LogP contribution in [0.4, 0.5) is 4.39 Å². The third-order valence-electron chi connectivity index (χ3n) is 4.34. The molecule has 1 aliphatic heterocycles. The van der Waals surface area contributed by atoms with Crippen molar-refractivity contribution in [3.05, 3.63) is 66.0 Å². The fraction of sp³-hybridized carbons (Fsp3) is 0.278. The molecular formula is C18H18FNO3S. The molecule has 126 valence electrons. The third-order valence-corrected chi connectivity index (χ3v) is 6.27. The normalized spacial score (nSPS) is 16.9. The number of piperidine rings is 1. The minimum atomic E-state index is -3.86. The molecule has 0 N–H and O–H groups in total. The minimum Gasteiger partial charge on any atom is -0.294 e. The number of carbonyl (C=O) groups is 1. The highest BCUT2D eigenvalue weighted by atomic mass is 32.2. The number of Topliss-reactive ketones (excluding diaryl/α,β-unsaturated/α-hetero) is 1. The zero-order chi connectivity index (χ0) is 17.2. The topological polar surface area (TPSA) is 54.5 Å². The summed E-state index contributed by atoms with van der Waals surface area (Å²) >= 11 is 0. The third kappa shape index (κ3) is 3.25. The molecule has 0 amide bonds. The maximum atomic E-state index is 13.8. The molecule has 2 aromatic rings. The molecule has 2 aromatic carbocycles. The number of rotatable bonds is 4. The number of halogens is 1. The fourth-order valence-corrected chi connectivity index (χ4v) is 4.52. The molecule has 24 heavy (non-hydrogen) atoms. The van der Waals surface area contributed by atoms with E-state index < -0.39 is 15.8 Å². The average Bonchev–Trinajstić information content (AvgIpc) is 2.62. The summed E-state index contributed by atoms with van der Waals surface area (Å²) in [6, 6.07) is 14.4. The number of hydrogen-bond donors (Lipinski definition) is 0. The first-order chi connectivity index (χ1) is 11.5. The van der Waals surface area contributed by atoms with Crippen LogP contribution < -0.4 is 0 Å². The summed E-state index contributed by atoms with van der Waals surface area (Å²) < 4.78 is 40.2. The Labute approximate surface area is 141 Å². The van der Waals surface area contributed by atoms with Gasteiger partial charge in [0, 0.05) is 24.6 Å². The predicted octanol–water partition coefficient (Wildman–Crippen LogP) is 3.11. The Balaban J connectivity index is 1.71. The van der Waals surface area contributed by atoms with Gasteiger partial charge in [-0.2, -0.15) is 4.31 Å². The van der Waals surface area contributed by atoms with Crippen molar-refractivity contribution in [3.63, 3.8) is 0 Å². The smallest absolute Gasteiger partial charge is 0.245 e. The first-order valence-electron chi connectivity index (χ1n) is 7.84. The van der Waals surface area contributed by atoms with Crippen molar-refractivity contribution < 1.29 is 17.6 Å². The lowest BCUT2D eigenvalue weighted by molar-refractivity contribution is 0.0875. The van der Waals surface area contributed by atoms with Gasteiger partial charge in [-0.1, -0.05) is 42.5 Å². The van der Waals surface area contributed by atoms with Gasteiger partial charge in [0.05, 0.1) is 0 Å². The van der Waals surface area contributed by atoms with E-state index in [1.54, 1.807) is 12.1 Å². The molecule has 0 radical (unpaired) electrons. The molecule has 0 aliphatic carbocycles. The highest BCUT2D eigenvalue weighted by molar-refractivity contribution is 7.89. The van der Waals surface area contributed by atoms with E-state index in [2.05, 4.69) is 0 Å². The molecule has 1 heterocycles. The van der Waals surface area contributed by atoms with Crippen LogP contribution in [-0.4, -0.2) is 31.6 Å². The van der Waals surface area contributed by atoms with Crippen LogP contribution in [-0.2, 0) is 10.0 Å². The molecule has 0 atom stereocenters. The van der Waals surface area contributed by atoms with Gasteiger partial charge in [-0.15, -0.1) is 0 Å². The summed E-state index contributed by atoms with van der Waals surface area (Å²) in [5, 5.41) is 0. The lowest BCUT2D eigenvalue weighted by atomic mass is 9.90. The Hall–Kier alpha value is -2.05. The van der Waals surface area contributed by atoms with Crippen LogP contribution in [0.2, 0.25) is 0 Å². The first kappa shape index (κ1) is 16.8. The van der Waals surface area contributed by atoms with Crippen LogP contribution in [0.5, 0.6) is 0 Å². The Morgan fingerprint density at radius 1 is 0.958 bits per heavy atom. The van der Waals surface area contributed by atoms with E-state index in [9.17, 15) is 17.6 Å². The van der Waals surface area contributed by atoms with Crippen molar-refractivity contribution in [2.45, 2.75) is 17.7 Å². The predicted molar refractivity (Wildman–Crippen MR) is 88.7 cm³/mol. The Kier molecular flexibility index (Phi) is 4.78. The van der Waals surface area contributed by atoms with Crippen LogP contribution in [0, 0.1) is 11.7 Å². The molecule has 0 bridgehead atoms. The quantitative estimate of drug-likeness (QED) is 0.799. The van der Waals surface area contributed by atoms with Crippen LogP contribution >= 0.6 is 0 Å². The van der Waals surface area contributed by atoms with E-state index in [0.717, 1.165) is 6.07 Å². The summed E-state index contributed by atoms with van der Waals surface area (Å²) in [6.07, 6.45) is 0.892. The molecule has 0 unspecified atom stereocenters. The zero-order valence-corrected chi connectivity index (χ0v) is 13.9. The van der Waals surface area contributed by atoms with Gasteiger partial charge in [-0.3, -0.25) is 4.79 Å². The number of nitrogens with zero attached hydrogens (tertiary/aromatic N) is 1. The Morgan fingerprint density at radius 2 is 1.54 bits per heavy atom. The SMILES string of the molecule is O=C(c1ccccc1)C1CCN(S(=O)(=O)c2ccccc2F)CC1. The largest absolute Gasteiger partial charge is 0.294 e. The van der Waals surface area contributed by atoms with Crippen molar-refractivity contribution in [1.29, 1.82) is 0 Å². The number of sulfonamides is 1. The fourth-order valence-electron chi connectivity index (χ4n) is 2.99. The molecule has 0 spiro atoms. The number of ketones is 1. The van der Waals surface area contributed by atoms with E-state index >= 15 is 0 Å². The van der Waals surface area contributed by atoms with Gasteiger partial charge in [0.15, 0.2) is 5.78 Å². The average molecular weight is 347 g/mol. The molecule has 3 rings (SSSR count). The van der Waals surface area contributed by atoms with Crippen LogP contribution in [0.25, 0.3) is 0 Å². The zero-order valence-electron chi connectivity index (χ0n) is 13.1. The Morgan fingerprint density at radius 3 is 2.17 bits per heavy atom. The summed E-state index contributed by atoms with van der Waals surface area (Å²) in [4.78, 5) is 12.1. The lowest BCUT2D eigenvalue weighted by Gasteiger charge is -2.30. The number of carbonyl (C=O) groups excluding carboxylic acids is 1. The number of hydrogen-bond acceptors (Lipinski definition) is 3. The summed E-state index contributed by atoms with van der Waals surface area (Å²) in [7, 11) is -3.86. The van der Waals surface area contributed by atoms with Crippen LogP contribution in [0.3, 0.4) is 0 Å². The van der Waals surface area contributed by atoms with Crippen molar-refractivity contribution in [2.24, 2.45) is 5.92 Å². The van der Waals surface area contributed by atoms with Gasteiger partial charge < -0.3 is 0 Å². The van der Waals surface area contributed by atoms with Gasteiger partial charge >= 0.3 is 0 Å².